The summed E-state index contributed by atoms with van der Waals surface area (Å²) < 4.78 is 5.02. The van der Waals surface area contributed by atoms with E-state index >= 15 is 0 Å². The first-order chi connectivity index (χ1) is 8.20. The third-order valence-electron chi connectivity index (χ3n) is 2.81. The Kier molecular flexibility index (Phi) is 3.58. The monoisotopic (exact) mass is 235 g/mol. The lowest BCUT2D eigenvalue weighted by Gasteiger charge is -2.31. The topological polar surface area (TPSA) is 54.5 Å². The number of piperazine rings is 1. The van der Waals surface area contributed by atoms with Gasteiger partial charge in [-0.2, -0.15) is 0 Å². The Hall–Kier alpha value is -1.62. The zero-order chi connectivity index (χ0) is 12.3. The zero-order valence-electron chi connectivity index (χ0n) is 10.1. The molecule has 1 aliphatic rings. The second kappa shape index (κ2) is 5.14. The number of ether oxygens (including phenoxy) is 1. The molecule has 0 radical (unpaired) electrons. The molecule has 0 spiro atoms. The average Bonchev–Trinajstić information content (AvgIpc) is 2.38. The van der Waals surface area contributed by atoms with Crippen LogP contribution in [0.5, 0.6) is 5.88 Å². The first-order valence-corrected chi connectivity index (χ1v) is 5.74. The Morgan fingerprint density at radius 2 is 2.41 bits per heavy atom. The van der Waals surface area contributed by atoms with Crippen LogP contribution in [-0.2, 0) is 0 Å². The second-order valence-corrected chi connectivity index (χ2v) is 4.17. The minimum atomic E-state index is -0.0303. The van der Waals surface area contributed by atoms with Gasteiger partial charge >= 0.3 is 0 Å². The molecular weight excluding hydrogens is 218 g/mol. The molecule has 1 unspecified atom stereocenters. The molecule has 0 aliphatic carbocycles. The number of rotatable bonds is 2. The van der Waals surface area contributed by atoms with E-state index in [-0.39, 0.29) is 5.91 Å². The number of hydrogen-bond donors (Lipinski definition) is 1. The Bertz CT molecular complexity index is 408. The normalized spacial score (nSPS) is 20.1. The summed E-state index contributed by atoms with van der Waals surface area (Å²) in [6, 6.07) is 5.57. The van der Waals surface area contributed by atoms with Crippen molar-refractivity contribution in [2.45, 2.75) is 13.0 Å². The summed E-state index contributed by atoms with van der Waals surface area (Å²) in [5.74, 6) is 0.441. The van der Waals surface area contributed by atoms with Gasteiger partial charge in [0.25, 0.3) is 5.91 Å². The highest BCUT2D eigenvalue weighted by Gasteiger charge is 2.22. The predicted molar refractivity (Wildman–Crippen MR) is 64.2 cm³/mol. The van der Waals surface area contributed by atoms with Crippen molar-refractivity contribution < 1.29 is 9.53 Å². The van der Waals surface area contributed by atoms with Gasteiger partial charge in [-0.3, -0.25) is 4.79 Å². The number of nitrogens with one attached hydrogen (secondary N) is 1. The van der Waals surface area contributed by atoms with E-state index < -0.39 is 0 Å². The van der Waals surface area contributed by atoms with E-state index in [1.165, 1.54) is 0 Å². The van der Waals surface area contributed by atoms with E-state index in [0.717, 1.165) is 19.6 Å². The highest BCUT2D eigenvalue weighted by Crippen LogP contribution is 2.10. The Balaban J connectivity index is 2.12. The number of hydrogen-bond acceptors (Lipinski definition) is 4. The van der Waals surface area contributed by atoms with Gasteiger partial charge in [-0.15, -0.1) is 0 Å². The third kappa shape index (κ3) is 2.74. The van der Waals surface area contributed by atoms with E-state index in [2.05, 4.69) is 17.2 Å². The molecule has 1 aromatic heterocycles. The molecule has 1 amide bonds. The van der Waals surface area contributed by atoms with E-state index in [1.54, 1.807) is 25.3 Å². The van der Waals surface area contributed by atoms with E-state index in [0.29, 0.717) is 17.6 Å². The van der Waals surface area contributed by atoms with Crippen molar-refractivity contribution in [2.75, 3.05) is 26.7 Å². The van der Waals surface area contributed by atoms with Gasteiger partial charge < -0.3 is 15.0 Å². The number of aromatic nitrogens is 1. The van der Waals surface area contributed by atoms with Crippen molar-refractivity contribution in [1.29, 1.82) is 0 Å². The van der Waals surface area contributed by atoms with Gasteiger partial charge in [0.15, 0.2) is 0 Å². The number of nitrogens with zero attached hydrogens (tertiary/aromatic N) is 2. The predicted octanol–water partition coefficient (Wildman–Crippen LogP) is 0.524. The van der Waals surface area contributed by atoms with Crippen molar-refractivity contribution in [3.63, 3.8) is 0 Å². The number of pyridine rings is 1. The standard InChI is InChI=1S/C12H17N3O2/c1-9-8-15(7-6-13-9)12(16)10-4-3-5-11(14-10)17-2/h3-5,9,13H,6-8H2,1-2H3. The van der Waals surface area contributed by atoms with Crippen molar-refractivity contribution in [3.8, 4) is 5.88 Å². The molecule has 1 aromatic rings. The quantitative estimate of drug-likeness (QED) is 0.812. The second-order valence-electron chi connectivity index (χ2n) is 4.17. The lowest BCUT2D eigenvalue weighted by molar-refractivity contribution is 0.0702. The lowest BCUT2D eigenvalue weighted by Crippen LogP contribution is -2.51. The Morgan fingerprint density at radius 1 is 1.59 bits per heavy atom. The van der Waals surface area contributed by atoms with E-state index in [9.17, 15) is 4.79 Å². The summed E-state index contributed by atoms with van der Waals surface area (Å²) in [5, 5.41) is 3.30. The molecule has 1 N–H and O–H groups in total. The minimum absolute atomic E-state index is 0.0303. The SMILES string of the molecule is COc1cccc(C(=O)N2CCNC(C)C2)n1. The summed E-state index contributed by atoms with van der Waals surface area (Å²) in [7, 11) is 1.55. The van der Waals surface area contributed by atoms with Gasteiger partial charge in [0.1, 0.15) is 5.69 Å². The fourth-order valence-corrected chi connectivity index (χ4v) is 1.93. The van der Waals surface area contributed by atoms with Crippen LogP contribution in [0.2, 0.25) is 0 Å². The van der Waals surface area contributed by atoms with Crippen molar-refractivity contribution in [1.82, 2.24) is 15.2 Å². The highest BCUT2D eigenvalue weighted by atomic mass is 16.5. The Morgan fingerprint density at radius 3 is 3.12 bits per heavy atom. The fraction of sp³-hybridized carbons (Fsp3) is 0.500. The first-order valence-electron chi connectivity index (χ1n) is 5.74. The van der Waals surface area contributed by atoms with E-state index in [1.807, 2.05) is 4.90 Å². The van der Waals surface area contributed by atoms with Gasteiger partial charge in [0, 0.05) is 31.7 Å². The molecule has 1 aliphatic heterocycles. The van der Waals surface area contributed by atoms with Crippen molar-refractivity contribution >= 4 is 5.91 Å². The molecule has 2 heterocycles. The summed E-state index contributed by atoms with van der Waals surface area (Å²) in [6.45, 7) is 4.34. The minimum Gasteiger partial charge on any atom is -0.481 e. The van der Waals surface area contributed by atoms with Crippen LogP contribution in [0.4, 0.5) is 0 Å². The first kappa shape index (κ1) is 11.9. The Labute approximate surface area is 101 Å². The van der Waals surface area contributed by atoms with Crippen LogP contribution in [0, 0.1) is 0 Å². The van der Waals surface area contributed by atoms with Crippen LogP contribution >= 0.6 is 0 Å². The highest BCUT2D eigenvalue weighted by molar-refractivity contribution is 5.92. The fourth-order valence-electron chi connectivity index (χ4n) is 1.93. The van der Waals surface area contributed by atoms with Crippen LogP contribution < -0.4 is 10.1 Å². The average molecular weight is 235 g/mol. The maximum Gasteiger partial charge on any atom is 0.272 e. The molecule has 5 nitrogen and oxygen atoms in total. The van der Waals surface area contributed by atoms with Gasteiger partial charge in [-0.25, -0.2) is 4.98 Å². The van der Waals surface area contributed by atoms with Crippen LogP contribution in [0.1, 0.15) is 17.4 Å². The molecule has 1 fully saturated rings. The molecule has 5 heteroatoms. The third-order valence-corrected chi connectivity index (χ3v) is 2.81. The molecular formula is C12H17N3O2. The summed E-state index contributed by atoms with van der Waals surface area (Å²) in [4.78, 5) is 18.2. The number of carbonyl (C=O) groups excluding carboxylic acids is 1. The molecule has 1 saturated heterocycles. The van der Waals surface area contributed by atoms with E-state index in [4.69, 9.17) is 4.74 Å². The molecule has 17 heavy (non-hydrogen) atoms. The maximum absolute atomic E-state index is 12.2. The smallest absolute Gasteiger partial charge is 0.272 e. The van der Waals surface area contributed by atoms with Crippen LogP contribution in [0.25, 0.3) is 0 Å². The van der Waals surface area contributed by atoms with Crippen LogP contribution in [0.15, 0.2) is 18.2 Å². The summed E-state index contributed by atoms with van der Waals surface area (Å²) in [5.41, 5.74) is 0.443. The number of methoxy groups -OCH3 is 1. The zero-order valence-corrected chi connectivity index (χ0v) is 10.1. The summed E-state index contributed by atoms with van der Waals surface area (Å²) in [6.07, 6.45) is 0. The van der Waals surface area contributed by atoms with Gasteiger partial charge in [0.2, 0.25) is 5.88 Å². The largest absolute Gasteiger partial charge is 0.481 e. The lowest BCUT2D eigenvalue weighted by atomic mass is 10.2. The maximum atomic E-state index is 12.2. The molecule has 0 bridgehead atoms. The summed E-state index contributed by atoms with van der Waals surface area (Å²) >= 11 is 0. The van der Waals surface area contributed by atoms with Crippen molar-refractivity contribution in [2.24, 2.45) is 0 Å². The van der Waals surface area contributed by atoms with Gasteiger partial charge in [-0.05, 0) is 13.0 Å². The van der Waals surface area contributed by atoms with Gasteiger partial charge in [-0.1, -0.05) is 6.07 Å². The number of amides is 1. The molecule has 92 valence electrons. The van der Waals surface area contributed by atoms with Gasteiger partial charge in [0.05, 0.1) is 7.11 Å². The number of carbonyl (C=O) groups is 1. The molecule has 2 rings (SSSR count). The molecule has 1 atom stereocenters. The molecule has 0 aromatic carbocycles. The van der Waals surface area contributed by atoms with Crippen LogP contribution in [0.3, 0.4) is 0 Å². The van der Waals surface area contributed by atoms with Crippen molar-refractivity contribution in [3.05, 3.63) is 23.9 Å². The van der Waals surface area contributed by atoms with Crippen LogP contribution in [-0.4, -0.2) is 48.6 Å². The molecule has 0 saturated carbocycles.